The monoisotopic (exact) mass is 279 g/mol. The van der Waals surface area contributed by atoms with Gasteiger partial charge in [-0.3, -0.25) is 0 Å². The summed E-state index contributed by atoms with van der Waals surface area (Å²) in [7, 11) is 0. The summed E-state index contributed by atoms with van der Waals surface area (Å²) in [5, 5.41) is 3.38. The summed E-state index contributed by atoms with van der Waals surface area (Å²) >= 11 is 3.51. The number of benzene rings is 1. The van der Waals surface area contributed by atoms with Crippen LogP contribution in [0.4, 0.5) is 5.69 Å². The number of nitrogens with zero attached hydrogens (tertiary/aromatic N) is 2. The van der Waals surface area contributed by atoms with Gasteiger partial charge in [0.2, 0.25) is 0 Å². The molecule has 0 fully saturated rings. The molecular formula is C12H14BrN3. The molecule has 84 valence electrons. The van der Waals surface area contributed by atoms with Crippen LogP contribution in [0.5, 0.6) is 0 Å². The van der Waals surface area contributed by atoms with Crippen LogP contribution in [0.1, 0.15) is 12.6 Å². The van der Waals surface area contributed by atoms with Crippen LogP contribution in [-0.2, 0) is 13.1 Å². The van der Waals surface area contributed by atoms with E-state index in [1.54, 1.807) is 0 Å². The Labute approximate surface area is 104 Å². The first-order valence-electron chi connectivity index (χ1n) is 5.28. The van der Waals surface area contributed by atoms with Crippen molar-refractivity contribution >= 4 is 21.6 Å². The molecule has 1 N–H and O–H groups in total. The standard InChI is InChI=1S/C12H14BrN3/c1-2-16-9-14-7-10(16)8-15-12-6-4-3-5-11(12)13/h3-7,9,15H,2,8H2,1H3. The van der Waals surface area contributed by atoms with Gasteiger partial charge in [-0.15, -0.1) is 0 Å². The van der Waals surface area contributed by atoms with Crippen molar-refractivity contribution in [3.8, 4) is 0 Å². The minimum Gasteiger partial charge on any atom is -0.378 e. The second kappa shape index (κ2) is 5.16. The van der Waals surface area contributed by atoms with Crippen LogP contribution in [-0.4, -0.2) is 9.55 Å². The van der Waals surface area contributed by atoms with Crippen LogP contribution in [0.15, 0.2) is 41.3 Å². The van der Waals surface area contributed by atoms with Gasteiger partial charge in [0.25, 0.3) is 0 Å². The van der Waals surface area contributed by atoms with Crippen molar-refractivity contribution in [3.05, 3.63) is 47.0 Å². The van der Waals surface area contributed by atoms with Gasteiger partial charge < -0.3 is 9.88 Å². The zero-order valence-corrected chi connectivity index (χ0v) is 10.7. The lowest BCUT2D eigenvalue weighted by Gasteiger charge is -2.09. The van der Waals surface area contributed by atoms with Crippen LogP contribution in [0, 0.1) is 0 Å². The number of nitrogens with one attached hydrogen (secondary N) is 1. The van der Waals surface area contributed by atoms with Crippen molar-refractivity contribution in [1.82, 2.24) is 9.55 Å². The van der Waals surface area contributed by atoms with Crippen LogP contribution in [0.3, 0.4) is 0 Å². The van der Waals surface area contributed by atoms with Crippen molar-refractivity contribution < 1.29 is 0 Å². The maximum absolute atomic E-state index is 4.14. The van der Waals surface area contributed by atoms with E-state index in [-0.39, 0.29) is 0 Å². The van der Waals surface area contributed by atoms with Gasteiger partial charge in [-0.2, -0.15) is 0 Å². The molecule has 0 unspecified atom stereocenters. The zero-order valence-electron chi connectivity index (χ0n) is 9.15. The molecule has 1 heterocycles. The molecule has 0 aliphatic rings. The average Bonchev–Trinajstić information content (AvgIpc) is 2.75. The van der Waals surface area contributed by atoms with E-state index in [4.69, 9.17) is 0 Å². The number of anilines is 1. The first kappa shape index (κ1) is 11.2. The van der Waals surface area contributed by atoms with Gasteiger partial charge in [0, 0.05) is 22.9 Å². The van der Waals surface area contributed by atoms with Crippen LogP contribution in [0.25, 0.3) is 0 Å². The Morgan fingerprint density at radius 1 is 1.38 bits per heavy atom. The number of rotatable bonds is 4. The number of aryl methyl sites for hydroxylation is 1. The highest BCUT2D eigenvalue weighted by molar-refractivity contribution is 9.10. The summed E-state index contributed by atoms with van der Waals surface area (Å²) in [6.45, 7) is 3.85. The van der Waals surface area contributed by atoms with Crippen molar-refractivity contribution in [3.63, 3.8) is 0 Å². The molecule has 2 aromatic rings. The minimum absolute atomic E-state index is 0.788. The highest BCUT2D eigenvalue weighted by atomic mass is 79.9. The summed E-state index contributed by atoms with van der Waals surface area (Å²) in [4.78, 5) is 4.14. The molecule has 0 aliphatic heterocycles. The molecule has 1 aromatic heterocycles. The second-order valence-electron chi connectivity index (χ2n) is 3.50. The van der Waals surface area contributed by atoms with Gasteiger partial charge in [-0.25, -0.2) is 4.98 Å². The van der Waals surface area contributed by atoms with E-state index in [0.29, 0.717) is 0 Å². The van der Waals surface area contributed by atoms with Gasteiger partial charge in [0.15, 0.2) is 0 Å². The normalized spacial score (nSPS) is 10.4. The Morgan fingerprint density at radius 3 is 2.94 bits per heavy atom. The topological polar surface area (TPSA) is 29.9 Å². The lowest BCUT2D eigenvalue weighted by Crippen LogP contribution is -2.06. The van der Waals surface area contributed by atoms with Gasteiger partial charge in [-0.05, 0) is 35.0 Å². The van der Waals surface area contributed by atoms with Crippen molar-refractivity contribution in [2.45, 2.75) is 20.0 Å². The van der Waals surface area contributed by atoms with Gasteiger partial charge in [0.05, 0.1) is 18.6 Å². The summed E-state index contributed by atoms with van der Waals surface area (Å²) in [5.41, 5.74) is 2.30. The molecule has 0 aliphatic carbocycles. The maximum Gasteiger partial charge on any atom is 0.0948 e. The van der Waals surface area contributed by atoms with E-state index >= 15 is 0 Å². The van der Waals surface area contributed by atoms with E-state index in [1.807, 2.05) is 30.7 Å². The first-order valence-corrected chi connectivity index (χ1v) is 6.08. The largest absolute Gasteiger partial charge is 0.378 e. The Morgan fingerprint density at radius 2 is 2.19 bits per heavy atom. The van der Waals surface area contributed by atoms with Crippen molar-refractivity contribution in [2.75, 3.05) is 5.32 Å². The molecule has 3 nitrogen and oxygen atoms in total. The fraction of sp³-hybridized carbons (Fsp3) is 0.250. The third-order valence-corrected chi connectivity index (χ3v) is 3.16. The smallest absolute Gasteiger partial charge is 0.0948 e. The Balaban J connectivity index is 2.05. The molecule has 0 bridgehead atoms. The number of aromatic nitrogens is 2. The quantitative estimate of drug-likeness (QED) is 0.931. The summed E-state index contributed by atoms with van der Waals surface area (Å²) in [6, 6.07) is 8.10. The lowest BCUT2D eigenvalue weighted by atomic mass is 10.3. The Kier molecular flexibility index (Phi) is 3.62. The molecule has 0 saturated carbocycles. The molecule has 0 radical (unpaired) electrons. The maximum atomic E-state index is 4.14. The summed E-state index contributed by atoms with van der Waals surface area (Å²) in [6.07, 6.45) is 3.75. The first-order chi connectivity index (χ1) is 7.81. The second-order valence-corrected chi connectivity index (χ2v) is 4.36. The van der Waals surface area contributed by atoms with Crippen LogP contribution < -0.4 is 5.32 Å². The average molecular weight is 280 g/mol. The predicted molar refractivity (Wildman–Crippen MR) is 69.4 cm³/mol. The van der Waals surface area contributed by atoms with E-state index in [2.05, 4.69) is 43.8 Å². The van der Waals surface area contributed by atoms with Crippen LogP contribution in [0.2, 0.25) is 0 Å². The van der Waals surface area contributed by atoms with E-state index in [1.165, 1.54) is 5.69 Å². The number of imidazole rings is 1. The van der Waals surface area contributed by atoms with Crippen LogP contribution >= 0.6 is 15.9 Å². The Hall–Kier alpha value is -1.29. The Bertz CT molecular complexity index is 465. The molecule has 1 aromatic carbocycles. The van der Waals surface area contributed by atoms with Gasteiger partial charge >= 0.3 is 0 Å². The van der Waals surface area contributed by atoms with Gasteiger partial charge in [-0.1, -0.05) is 12.1 Å². The fourth-order valence-electron chi connectivity index (χ4n) is 1.57. The molecule has 0 amide bonds. The van der Waals surface area contributed by atoms with Gasteiger partial charge in [0.1, 0.15) is 0 Å². The third kappa shape index (κ3) is 2.44. The van der Waals surface area contributed by atoms with Crippen molar-refractivity contribution in [1.29, 1.82) is 0 Å². The zero-order chi connectivity index (χ0) is 11.4. The summed E-state index contributed by atoms with van der Waals surface area (Å²) < 4.78 is 3.21. The van der Waals surface area contributed by atoms with Crippen molar-refractivity contribution in [2.24, 2.45) is 0 Å². The molecule has 0 spiro atoms. The third-order valence-electron chi connectivity index (χ3n) is 2.47. The number of hydrogen-bond donors (Lipinski definition) is 1. The molecule has 16 heavy (non-hydrogen) atoms. The molecule has 0 atom stereocenters. The SMILES string of the molecule is CCn1cncc1CNc1ccccc1Br. The molecule has 4 heteroatoms. The number of hydrogen-bond acceptors (Lipinski definition) is 2. The van der Waals surface area contributed by atoms with E-state index in [0.717, 1.165) is 23.2 Å². The van der Waals surface area contributed by atoms with E-state index in [9.17, 15) is 0 Å². The minimum atomic E-state index is 0.788. The lowest BCUT2D eigenvalue weighted by molar-refractivity contribution is 0.719. The summed E-state index contributed by atoms with van der Waals surface area (Å²) in [5.74, 6) is 0. The number of halogens is 1. The molecular weight excluding hydrogens is 266 g/mol. The molecule has 0 saturated heterocycles. The van der Waals surface area contributed by atoms with E-state index < -0.39 is 0 Å². The number of para-hydroxylation sites is 1. The fourth-order valence-corrected chi connectivity index (χ4v) is 2.00. The molecule has 2 rings (SSSR count). The highest BCUT2D eigenvalue weighted by Gasteiger charge is 2.01. The predicted octanol–water partition coefficient (Wildman–Crippen LogP) is 3.28. The highest BCUT2D eigenvalue weighted by Crippen LogP contribution is 2.21.